The molecule has 19 heavy (non-hydrogen) atoms. The van der Waals surface area contributed by atoms with E-state index in [2.05, 4.69) is 28.1 Å². The fraction of sp³-hybridized carbons (Fsp3) is 0.200. The molecule has 0 heterocycles. The van der Waals surface area contributed by atoms with Crippen LogP contribution in [0.1, 0.15) is 17.0 Å². The van der Waals surface area contributed by atoms with Crippen molar-refractivity contribution in [1.82, 2.24) is 0 Å². The van der Waals surface area contributed by atoms with E-state index in [0.717, 1.165) is 16.5 Å². The second kappa shape index (κ2) is 6.99. The first kappa shape index (κ1) is 15.2. The standard InChI is InChI=1S/C15H12BrCl3/c16-12-6-4-10(5-7-12)11(9-17)8-13-14(18)2-1-3-15(13)19/h1-7,11H,8-9H2. The minimum Gasteiger partial charge on any atom is -0.126 e. The highest BCUT2D eigenvalue weighted by Crippen LogP contribution is 2.31. The van der Waals surface area contributed by atoms with E-state index in [-0.39, 0.29) is 5.92 Å². The minimum atomic E-state index is 0.201. The first-order valence-corrected chi connectivity index (χ1v) is 7.94. The van der Waals surface area contributed by atoms with Crippen LogP contribution in [0.2, 0.25) is 10.0 Å². The van der Waals surface area contributed by atoms with Crippen LogP contribution >= 0.6 is 50.7 Å². The molecule has 0 aliphatic carbocycles. The molecule has 2 aromatic carbocycles. The van der Waals surface area contributed by atoms with Crippen molar-refractivity contribution in [2.24, 2.45) is 0 Å². The summed E-state index contributed by atoms with van der Waals surface area (Å²) in [6, 6.07) is 13.7. The van der Waals surface area contributed by atoms with E-state index in [4.69, 9.17) is 34.8 Å². The van der Waals surface area contributed by atoms with Crippen LogP contribution in [-0.2, 0) is 6.42 Å². The number of benzene rings is 2. The van der Waals surface area contributed by atoms with Gasteiger partial charge in [-0.3, -0.25) is 0 Å². The predicted molar refractivity (Wildman–Crippen MR) is 87.8 cm³/mol. The van der Waals surface area contributed by atoms with Crippen molar-refractivity contribution < 1.29 is 0 Å². The number of alkyl halides is 1. The molecule has 0 amide bonds. The summed E-state index contributed by atoms with van der Waals surface area (Å²) in [7, 11) is 0. The summed E-state index contributed by atoms with van der Waals surface area (Å²) in [5.41, 5.74) is 2.15. The zero-order chi connectivity index (χ0) is 13.8. The van der Waals surface area contributed by atoms with Gasteiger partial charge in [-0.25, -0.2) is 0 Å². The van der Waals surface area contributed by atoms with E-state index in [0.29, 0.717) is 15.9 Å². The summed E-state index contributed by atoms with van der Waals surface area (Å²) in [4.78, 5) is 0. The summed E-state index contributed by atoms with van der Waals surface area (Å²) in [5.74, 6) is 0.732. The molecule has 0 aromatic heterocycles. The molecule has 2 rings (SSSR count). The van der Waals surface area contributed by atoms with Crippen LogP contribution in [0, 0.1) is 0 Å². The summed E-state index contributed by atoms with van der Waals surface area (Å²) in [6.07, 6.45) is 0.740. The molecule has 2 aromatic rings. The van der Waals surface area contributed by atoms with Gasteiger partial charge in [0.1, 0.15) is 0 Å². The Morgan fingerprint density at radius 1 is 0.947 bits per heavy atom. The Morgan fingerprint density at radius 2 is 1.53 bits per heavy atom. The quantitative estimate of drug-likeness (QED) is 0.546. The maximum Gasteiger partial charge on any atom is 0.0453 e. The van der Waals surface area contributed by atoms with Crippen molar-refractivity contribution >= 4 is 50.7 Å². The van der Waals surface area contributed by atoms with Gasteiger partial charge < -0.3 is 0 Å². The van der Waals surface area contributed by atoms with Crippen molar-refractivity contribution in [1.29, 1.82) is 0 Å². The Morgan fingerprint density at radius 3 is 2.05 bits per heavy atom. The van der Waals surface area contributed by atoms with Gasteiger partial charge in [-0.05, 0) is 41.8 Å². The number of rotatable bonds is 4. The third kappa shape index (κ3) is 3.88. The van der Waals surface area contributed by atoms with E-state index in [1.165, 1.54) is 5.56 Å². The molecule has 0 saturated heterocycles. The van der Waals surface area contributed by atoms with E-state index in [1.807, 2.05) is 30.3 Å². The number of halogens is 4. The maximum atomic E-state index is 6.21. The summed E-state index contributed by atoms with van der Waals surface area (Å²) < 4.78 is 1.06. The SMILES string of the molecule is ClCC(Cc1c(Cl)cccc1Cl)c1ccc(Br)cc1. The molecule has 0 fully saturated rings. The molecular weight excluding hydrogens is 366 g/mol. The van der Waals surface area contributed by atoms with Gasteiger partial charge in [0.15, 0.2) is 0 Å². The topological polar surface area (TPSA) is 0 Å². The van der Waals surface area contributed by atoms with E-state index in [9.17, 15) is 0 Å². The first-order chi connectivity index (χ1) is 9.11. The molecule has 1 atom stereocenters. The zero-order valence-electron chi connectivity index (χ0n) is 10.0. The van der Waals surface area contributed by atoms with Crippen molar-refractivity contribution in [3.05, 3.63) is 68.1 Å². The predicted octanol–water partition coefficient (Wildman–Crippen LogP) is 6.32. The van der Waals surface area contributed by atoms with Gasteiger partial charge in [0.25, 0.3) is 0 Å². The average Bonchev–Trinajstić information content (AvgIpc) is 2.40. The second-order valence-corrected chi connectivity index (χ2v) is 6.35. The molecule has 4 heteroatoms. The lowest BCUT2D eigenvalue weighted by molar-refractivity contribution is 0.766. The van der Waals surface area contributed by atoms with Gasteiger partial charge in [0.05, 0.1) is 0 Å². The lowest BCUT2D eigenvalue weighted by atomic mass is 9.93. The van der Waals surface area contributed by atoms with Crippen LogP contribution in [0.4, 0.5) is 0 Å². The maximum absolute atomic E-state index is 6.21. The Hall–Kier alpha value is -0.210. The van der Waals surface area contributed by atoms with Crippen molar-refractivity contribution in [2.45, 2.75) is 12.3 Å². The van der Waals surface area contributed by atoms with E-state index >= 15 is 0 Å². The largest absolute Gasteiger partial charge is 0.126 e. The molecular formula is C15H12BrCl3. The fourth-order valence-electron chi connectivity index (χ4n) is 1.97. The van der Waals surface area contributed by atoms with Crippen LogP contribution in [-0.4, -0.2) is 5.88 Å². The van der Waals surface area contributed by atoms with Gasteiger partial charge >= 0.3 is 0 Å². The van der Waals surface area contributed by atoms with Gasteiger partial charge in [-0.15, -0.1) is 11.6 Å². The monoisotopic (exact) mass is 376 g/mol. The lowest BCUT2D eigenvalue weighted by Crippen LogP contribution is -2.05. The van der Waals surface area contributed by atoms with Crippen LogP contribution < -0.4 is 0 Å². The molecule has 0 N–H and O–H groups in total. The van der Waals surface area contributed by atoms with Crippen LogP contribution in [0.5, 0.6) is 0 Å². The lowest BCUT2D eigenvalue weighted by Gasteiger charge is -2.16. The third-order valence-corrected chi connectivity index (χ3v) is 4.65. The molecule has 0 aliphatic heterocycles. The van der Waals surface area contributed by atoms with Crippen molar-refractivity contribution in [3.63, 3.8) is 0 Å². The summed E-state index contributed by atoms with van der Waals surface area (Å²) in [6.45, 7) is 0. The van der Waals surface area contributed by atoms with Gasteiger partial charge in [0, 0.05) is 26.3 Å². The molecule has 0 spiro atoms. The highest BCUT2D eigenvalue weighted by Gasteiger charge is 2.15. The highest BCUT2D eigenvalue weighted by molar-refractivity contribution is 9.10. The average molecular weight is 379 g/mol. The molecule has 0 nitrogen and oxygen atoms in total. The van der Waals surface area contributed by atoms with Crippen LogP contribution in [0.3, 0.4) is 0 Å². The van der Waals surface area contributed by atoms with Gasteiger partial charge in [-0.1, -0.05) is 57.3 Å². The molecule has 0 saturated carbocycles. The number of hydrogen-bond acceptors (Lipinski definition) is 0. The van der Waals surface area contributed by atoms with Gasteiger partial charge in [-0.2, -0.15) is 0 Å². The van der Waals surface area contributed by atoms with E-state index < -0.39 is 0 Å². The molecule has 0 bridgehead atoms. The Labute approximate surface area is 136 Å². The van der Waals surface area contributed by atoms with Gasteiger partial charge in [0.2, 0.25) is 0 Å². The second-order valence-electron chi connectivity index (χ2n) is 4.31. The Bertz CT molecular complexity index is 532. The zero-order valence-corrected chi connectivity index (χ0v) is 13.9. The van der Waals surface area contributed by atoms with Crippen LogP contribution in [0.15, 0.2) is 46.9 Å². The molecule has 0 radical (unpaired) electrons. The third-order valence-electron chi connectivity index (χ3n) is 3.04. The minimum absolute atomic E-state index is 0.201. The summed E-state index contributed by atoms with van der Waals surface area (Å²) >= 11 is 21.9. The van der Waals surface area contributed by atoms with Crippen LogP contribution in [0.25, 0.3) is 0 Å². The molecule has 100 valence electrons. The fourth-order valence-corrected chi connectivity index (χ4v) is 3.07. The highest BCUT2D eigenvalue weighted by atomic mass is 79.9. The van der Waals surface area contributed by atoms with Crippen molar-refractivity contribution in [3.8, 4) is 0 Å². The molecule has 0 aliphatic rings. The Kier molecular flexibility index (Phi) is 5.58. The molecule has 1 unspecified atom stereocenters. The first-order valence-electron chi connectivity index (χ1n) is 5.86. The normalized spacial score (nSPS) is 12.4. The Balaban J connectivity index is 2.26. The van der Waals surface area contributed by atoms with E-state index in [1.54, 1.807) is 0 Å². The smallest absolute Gasteiger partial charge is 0.0453 e. The summed E-state index contributed by atoms with van der Waals surface area (Å²) in [5, 5.41) is 1.39. The number of hydrogen-bond donors (Lipinski definition) is 0. The van der Waals surface area contributed by atoms with Crippen molar-refractivity contribution in [2.75, 3.05) is 5.88 Å².